The first-order valence-corrected chi connectivity index (χ1v) is 7.92. The first-order valence-electron chi connectivity index (χ1n) is 6.94. The van der Waals surface area contributed by atoms with Gasteiger partial charge in [-0.1, -0.05) is 18.2 Å². The quantitative estimate of drug-likeness (QED) is 0.788. The van der Waals surface area contributed by atoms with E-state index >= 15 is 0 Å². The van der Waals surface area contributed by atoms with Gasteiger partial charge in [-0.15, -0.1) is 11.8 Å². The summed E-state index contributed by atoms with van der Waals surface area (Å²) >= 11 is 1.92. The summed E-state index contributed by atoms with van der Waals surface area (Å²) in [6.07, 6.45) is 4.50. The fourth-order valence-electron chi connectivity index (χ4n) is 2.73. The molecule has 0 spiro atoms. The van der Waals surface area contributed by atoms with Crippen LogP contribution in [0, 0.1) is 0 Å². The van der Waals surface area contributed by atoms with Gasteiger partial charge < -0.3 is 5.32 Å². The highest BCUT2D eigenvalue weighted by atomic mass is 32.2. The van der Waals surface area contributed by atoms with Gasteiger partial charge in [0.25, 0.3) is 0 Å². The van der Waals surface area contributed by atoms with Crippen LogP contribution in [-0.2, 0) is 7.05 Å². The average Bonchev–Trinajstić information content (AvgIpc) is 2.90. The van der Waals surface area contributed by atoms with Crippen molar-refractivity contribution in [2.75, 3.05) is 11.1 Å². The molecule has 0 radical (unpaired) electrons. The molecule has 0 saturated carbocycles. The van der Waals surface area contributed by atoms with Gasteiger partial charge in [0.15, 0.2) is 5.65 Å². The van der Waals surface area contributed by atoms with Crippen LogP contribution in [0.3, 0.4) is 0 Å². The SMILES string of the molecule is Cn1ncc2c(NC3CCSc4ccccc43)ncnc21. The number of fused-ring (bicyclic) bond motifs is 2. The Morgan fingerprint density at radius 2 is 2.19 bits per heavy atom. The Balaban J connectivity index is 1.73. The molecule has 1 aromatic carbocycles. The maximum absolute atomic E-state index is 4.40. The van der Waals surface area contributed by atoms with Crippen molar-refractivity contribution in [1.29, 1.82) is 0 Å². The monoisotopic (exact) mass is 297 g/mol. The summed E-state index contributed by atoms with van der Waals surface area (Å²) in [5.41, 5.74) is 2.20. The van der Waals surface area contributed by atoms with Gasteiger partial charge in [0.05, 0.1) is 17.6 Å². The van der Waals surface area contributed by atoms with E-state index in [9.17, 15) is 0 Å². The molecule has 6 heteroatoms. The summed E-state index contributed by atoms with van der Waals surface area (Å²) in [6, 6.07) is 8.87. The van der Waals surface area contributed by atoms with E-state index in [0.29, 0.717) is 6.04 Å². The molecule has 3 aromatic rings. The van der Waals surface area contributed by atoms with E-state index in [-0.39, 0.29) is 0 Å². The Bertz CT molecular complexity index is 798. The molecular weight excluding hydrogens is 282 g/mol. The number of hydrogen-bond donors (Lipinski definition) is 1. The lowest BCUT2D eigenvalue weighted by Crippen LogP contribution is -2.16. The van der Waals surface area contributed by atoms with Crippen molar-refractivity contribution in [2.45, 2.75) is 17.4 Å². The number of nitrogens with one attached hydrogen (secondary N) is 1. The fourth-order valence-corrected chi connectivity index (χ4v) is 3.86. The van der Waals surface area contributed by atoms with Crippen LogP contribution in [0.25, 0.3) is 11.0 Å². The van der Waals surface area contributed by atoms with Crippen molar-refractivity contribution < 1.29 is 0 Å². The molecule has 1 N–H and O–H groups in total. The van der Waals surface area contributed by atoms with Crippen LogP contribution < -0.4 is 5.32 Å². The molecule has 1 aliphatic heterocycles. The number of benzene rings is 1. The molecule has 1 aliphatic rings. The fraction of sp³-hybridized carbons (Fsp3) is 0.267. The lowest BCUT2D eigenvalue weighted by molar-refractivity contribution is 0.725. The molecule has 1 atom stereocenters. The van der Waals surface area contributed by atoms with Crippen LogP contribution >= 0.6 is 11.8 Å². The van der Waals surface area contributed by atoms with Gasteiger partial charge in [-0.3, -0.25) is 4.68 Å². The van der Waals surface area contributed by atoms with Crippen LogP contribution in [0.5, 0.6) is 0 Å². The largest absolute Gasteiger partial charge is 0.362 e. The topological polar surface area (TPSA) is 55.6 Å². The number of anilines is 1. The second kappa shape index (κ2) is 5.04. The van der Waals surface area contributed by atoms with Crippen molar-refractivity contribution in [2.24, 2.45) is 7.05 Å². The predicted molar refractivity (Wildman–Crippen MR) is 84.5 cm³/mol. The maximum Gasteiger partial charge on any atom is 0.163 e. The Kier molecular flexibility index (Phi) is 3.03. The molecule has 0 saturated heterocycles. The summed E-state index contributed by atoms with van der Waals surface area (Å²) in [4.78, 5) is 10.0. The van der Waals surface area contributed by atoms with E-state index in [0.717, 1.165) is 29.0 Å². The summed E-state index contributed by atoms with van der Waals surface area (Å²) in [7, 11) is 1.89. The Morgan fingerprint density at radius 3 is 3.14 bits per heavy atom. The smallest absolute Gasteiger partial charge is 0.163 e. The highest BCUT2D eigenvalue weighted by Crippen LogP contribution is 2.38. The second-order valence-corrected chi connectivity index (χ2v) is 6.24. The van der Waals surface area contributed by atoms with E-state index in [2.05, 4.69) is 44.6 Å². The number of thioether (sulfide) groups is 1. The van der Waals surface area contributed by atoms with E-state index in [1.54, 1.807) is 11.0 Å². The maximum atomic E-state index is 4.40. The third-order valence-corrected chi connectivity index (χ3v) is 4.92. The van der Waals surface area contributed by atoms with Gasteiger partial charge in [0, 0.05) is 17.7 Å². The highest BCUT2D eigenvalue weighted by molar-refractivity contribution is 7.99. The van der Waals surface area contributed by atoms with Crippen molar-refractivity contribution in [3.8, 4) is 0 Å². The standard InChI is InChI=1S/C15H15N5S/c1-20-15-11(8-18-20)14(16-9-17-15)19-12-6-7-21-13-5-3-2-4-10(12)13/h2-5,8-9,12H,6-7H2,1H3,(H,16,17,19). The van der Waals surface area contributed by atoms with Crippen molar-refractivity contribution in [3.05, 3.63) is 42.4 Å². The summed E-state index contributed by atoms with van der Waals surface area (Å²) in [6.45, 7) is 0. The second-order valence-electron chi connectivity index (χ2n) is 5.10. The Labute approximate surface area is 126 Å². The Morgan fingerprint density at radius 1 is 1.29 bits per heavy atom. The van der Waals surface area contributed by atoms with Crippen molar-refractivity contribution in [1.82, 2.24) is 19.7 Å². The normalized spacial score (nSPS) is 17.7. The molecule has 106 valence electrons. The number of hydrogen-bond acceptors (Lipinski definition) is 5. The number of aromatic nitrogens is 4. The van der Waals surface area contributed by atoms with Gasteiger partial charge in [0.2, 0.25) is 0 Å². The summed E-state index contributed by atoms with van der Waals surface area (Å²) in [5, 5.41) is 8.81. The molecular formula is C15H15N5S. The highest BCUT2D eigenvalue weighted by Gasteiger charge is 2.21. The van der Waals surface area contributed by atoms with Crippen LogP contribution in [0.1, 0.15) is 18.0 Å². The lowest BCUT2D eigenvalue weighted by Gasteiger charge is -2.26. The minimum atomic E-state index is 0.292. The van der Waals surface area contributed by atoms with E-state index in [1.807, 2.05) is 25.0 Å². The zero-order chi connectivity index (χ0) is 14.2. The summed E-state index contributed by atoms with van der Waals surface area (Å²) < 4.78 is 1.77. The van der Waals surface area contributed by atoms with Gasteiger partial charge in [-0.05, 0) is 18.1 Å². The average molecular weight is 297 g/mol. The van der Waals surface area contributed by atoms with Crippen LogP contribution in [0.15, 0.2) is 41.7 Å². The minimum Gasteiger partial charge on any atom is -0.362 e. The summed E-state index contributed by atoms with van der Waals surface area (Å²) in [5.74, 6) is 1.98. The molecule has 0 bridgehead atoms. The third-order valence-electron chi connectivity index (χ3n) is 3.80. The molecule has 1 unspecified atom stereocenters. The zero-order valence-corrected chi connectivity index (χ0v) is 12.5. The number of nitrogens with zero attached hydrogens (tertiary/aromatic N) is 4. The molecule has 0 amide bonds. The van der Waals surface area contributed by atoms with E-state index in [4.69, 9.17) is 0 Å². The van der Waals surface area contributed by atoms with Crippen molar-refractivity contribution in [3.63, 3.8) is 0 Å². The third kappa shape index (κ3) is 2.15. The molecule has 0 fully saturated rings. The van der Waals surface area contributed by atoms with E-state index in [1.165, 1.54) is 10.5 Å². The Hall–Kier alpha value is -2.08. The molecule has 3 heterocycles. The lowest BCUT2D eigenvalue weighted by atomic mass is 10.0. The van der Waals surface area contributed by atoms with Gasteiger partial charge in [-0.2, -0.15) is 5.10 Å². The zero-order valence-electron chi connectivity index (χ0n) is 11.7. The number of rotatable bonds is 2. The molecule has 5 nitrogen and oxygen atoms in total. The molecule has 4 rings (SSSR count). The van der Waals surface area contributed by atoms with Crippen LogP contribution in [0.2, 0.25) is 0 Å². The van der Waals surface area contributed by atoms with Gasteiger partial charge in [0.1, 0.15) is 12.1 Å². The van der Waals surface area contributed by atoms with Crippen molar-refractivity contribution >= 4 is 28.6 Å². The van der Waals surface area contributed by atoms with E-state index < -0.39 is 0 Å². The van der Waals surface area contributed by atoms with Crippen LogP contribution in [-0.4, -0.2) is 25.5 Å². The molecule has 0 aliphatic carbocycles. The molecule has 2 aromatic heterocycles. The van der Waals surface area contributed by atoms with Crippen LogP contribution in [0.4, 0.5) is 5.82 Å². The minimum absolute atomic E-state index is 0.292. The molecule has 21 heavy (non-hydrogen) atoms. The van der Waals surface area contributed by atoms with Gasteiger partial charge >= 0.3 is 0 Å². The first-order chi connectivity index (χ1) is 10.3. The van der Waals surface area contributed by atoms with Gasteiger partial charge in [-0.25, -0.2) is 9.97 Å². The predicted octanol–water partition coefficient (Wildman–Crippen LogP) is 3.01. The number of aryl methyl sites for hydroxylation is 1. The first kappa shape index (κ1) is 12.6.